The van der Waals surface area contributed by atoms with Gasteiger partial charge in [0.2, 0.25) is 11.9 Å². The Labute approximate surface area is 203 Å². The number of nitrogens with one attached hydrogen (secondary N) is 2. The average Bonchev–Trinajstić information content (AvgIpc) is 3.24. The number of benzene rings is 2. The number of hydrogen-bond donors (Lipinski definition) is 6. The number of nitrogens with zero attached hydrogens (tertiary/aromatic N) is 4. The molecule has 3 rings (SSSR count). The van der Waals surface area contributed by atoms with E-state index in [9.17, 15) is 4.79 Å². The van der Waals surface area contributed by atoms with E-state index in [1.807, 2.05) is 30.3 Å². The van der Waals surface area contributed by atoms with Crippen LogP contribution in [0.5, 0.6) is 0 Å². The molecule has 10 N–H and O–H groups in total. The first-order valence-corrected chi connectivity index (χ1v) is 11.0. The van der Waals surface area contributed by atoms with Gasteiger partial charge < -0.3 is 33.2 Å². The number of amides is 1. The van der Waals surface area contributed by atoms with Crippen molar-refractivity contribution in [2.45, 2.75) is 27.2 Å². The summed E-state index contributed by atoms with van der Waals surface area (Å²) in [6, 6.07) is 14.8. The van der Waals surface area contributed by atoms with Crippen LogP contribution < -0.4 is 28.3 Å². The Hall–Kier alpha value is -4.67. The van der Waals surface area contributed by atoms with Crippen LogP contribution in [0.4, 0.5) is 5.69 Å². The zero-order valence-electron chi connectivity index (χ0n) is 19.9. The maximum atomic E-state index is 12.8. The first kappa shape index (κ1) is 25.0. The normalized spacial score (nSPS) is 12.0. The van der Waals surface area contributed by atoms with Crippen LogP contribution in [0.2, 0.25) is 0 Å². The van der Waals surface area contributed by atoms with Crippen molar-refractivity contribution in [3.8, 4) is 0 Å². The van der Waals surface area contributed by atoms with Gasteiger partial charge in [-0.15, -0.1) is 10.2 Å². The van der Waals surface area contributed by atoms with Crippen molar-refractivity contribution >= 4 is 45.8 Å². The molecule has 0 unspecified atom stereocenters. The predicted molar refractivity (Wildman–Crippen MR) is 143 cm³/mol. The topological polar surface area (TPSA) is 198 Å². The first-order valence-electron chi connectivity index (χ1n) is 11.0. The van der Waals surface area contributed by atoms with E-state index >= 15 is 0 Å². The number of H-pyrrole nitrogens is 1. The molecule has 0 aliphatic rings. The second kappa shape index (κ2) is 11.0. The summed E-state index contributed by atoms with van der Waals surface area (Å²) < 4.78 is 0. The third-order valence-corrected chi connectivity index (χ3v) is 4.96. The predicted octanol–water partition coefficient (Wildman–Crippen LogP) is 2.44. The highest BCUT2D eigenvalue weighted by Crippen LogP contribution is 2.21. The summed E-state index contributed by atoms with van der Waals surface area (Å²) in [4.78, 5) is 16.0. The third-order valence-electron chi connectivity index (χ3n) is 4.96. The molecule has 0 atom stereocenters. The van der Waals surface area contributed by atoms with Gasteiger partial charge in [0.25, 0.3) is 5.91 Å². The number of anilines is 1. The van der Waals surface area contributed by atoms with Gasteiger partial charge in [0, 0.05) is 16.6 Å². The smallest absolute Gasteiger partial charge is 0.272 e. The van der Waals surface area contributed by atoms with Crippen molar-refractivity contribution < 1.29 is 4.79 Å². The number of guanidine groups is 2. The van der Waals surface area contributed by atoms with E-state index in [0.29, 0.717) is 29.4 Å². The Morgan fingerprint density at radius 3 is 2.14 bits per heavy atom. The van der Waals surface area contributed by atoms with Gasteiger partial charge in [-0.25, -0.2) is 0 Å². The van der Waals surface area contributed by atoms with E-state index in [4.69, 9.17) is 22.9 Å². The number of carbonyl (C=O) groups is 1. The van der Waals surface area contributed by atoms with Crippen molar-refractivity contribution in [1.29, 1.82) is 0 Å². The van der Waals surface area contributed by atoms with Gasteiger partial charge in [-0.1, -0.05) is 32.0 Å². The highest BCUT2D eigenvalue weighted by molar-refractivity contribution is 6.08. The monoisotopic (exact) mass is 474 g/mol. The van der Waals surface area contributed by atoms with Gasteiger partial charge >= 0.3 is 0 Å². The Kier molecular flexibility index (Phi) is 7.82. The second-order valence-corrected chi connectivity index (χ2v) is 8.40. The van der Waals surface area contributed by atoms with Crippen LogP contribution in [-0.2, 0) is 0 Å². The zero-order chi connectivity index (χ0) is 25.5. The summed E-state index contributed by atoms with van der Waals surface area (Å²) in [5, 5.41) is 19.4. The van der Waals surface area contributed by atoms with E-state index in [1.165, 1.54) is 0 Å². The molecule has 0 saturated heterocycles. The molecule has 0 saturated carbocycles. The maximum Gasteiger partial charge on any atom is 0.272 e. The third kappa shape index (κ3) is 6.90. The fraction of sp³-hybridized carbons (Fsp3) is 0.208. The summed E-state index contributed by atoms with van der Waals surface area (Å²) in [6.45, 7) is 5.97. The minimum Gasteiger partial charge on any atom is -0.369 e. The highest BCUT2D eigenvalue weighted by Gasteiger charge is 2.13. The molecular weight excluding hydrogens is 444 g/mol. The number of rotatable bonds is 8. The van der Waals surface area contributed by atoms with Crippen LogP contribution in [0.25, 0.3) is 10.9 Å². The fourth-order valence-electron chi connectivity index (χ4n) is 3.34. The van der Waals surface area contributed by atoms with Gasteiger partial charge in [-0.3, -0.25) is 4.79 Å². The van der Waals surface area contributed by atoms with E-state index in [-0.39, 0.29) is 17.8 Å². The molecule has 2 aromatic carbocycles. The van der Waals surface area contributed by atoms with Crippen LogP contribution in [0.3, 0.4) is 0 Å². The van der Waals surface area contributed by atoms with Crippen LogP contribution in [-0.4, -0.2) is 34.2 Å². The maximum absolute atomic E-state index is 12.8. The summed E-state index contributed by atoms with van der Waals surface area (Å²) in [6.07, 6.45) is 0.701. The SMILES string of the molecule is C/C(=N\N=C(N)N)c1ccc(NC(=O)c2cc3cc(/C(CC(C)C)=N/N=C(N)N)ccc3[nH]2)cc1. The van der Waals surface area contributed by atoms with Crippen LogP contribution in [0.1, 0.15) is 48.8 Å². The van der Waals surface area contributed by atoms with Crippen molar-refractivity contribution in [3.63, 3.8) is 0 Å². The van der Waals surface area contributed by atoms with Crippen LogP contribution >= 0.6 is 0 Å². The lowest BCUT2D eigenvalue weighted by molar-refractivity contribution is 0.102. The molecule has 0 radical (unpaired) electrons. The Balaban J connectivity index is 1.80. The first-order chi connectivity index (χ1) is 16.6. The Morgan fingerprint density at radius 1 is 0.886 bits per heavy atom. The molecule has 0 spiro atoms. The van der Waals surface area contributed by atoms with Gasteiger partial charge in [0.05, 0.1) is 11.4 Å². The van der Waals surface area contributed by atoms with Gasteiger partial charge in [0.1, 0.15) is 5.69 Å². The minimum absolute atomic E-state index is 0.0998. The number of aromatic nitrogens is 1. The summed E-state index contributed by atoms with van der Waals surface area (Å²) >= 11 is 0. The average molecular weight is 475 g/mol. The van der Waals surface area contributed by atoms with Crippen molar-refractivity contribution in [2.24, 2.45) is 49.3 Å². The molecule has 11 nitrogen and oxygen atoms in total. The molecule has 1 aromatic heterocycles. The standard InChI is InChI=1S/C24H30N10O/c1-13(2)10-20(32-34-24(27)28)16-6-9-19-17(11-16)12-21(30-19)22(35)29-18-7-4-15(5-8-18)14(3)31-33-23(25)26/h4-9,11-13,30H,10H2,1-3H3,(H,29,35)(H4,25,26,33)(H4,27,28,34)/b31-14+,32-20+. The molecule has 1 heterocycles. The molecule has 0 aliphatic carbocycles. The molecule has 182 valence electrons. The lowest BCUT2D eigenvalue weighted by Crippen LogP contribution is -2.22. The lowest BCUT2D eigenvalue weighted by Gasteiger charge is -2.08. The molecule has 0 bridgehead atoms. The summed E-state index contributed by atoms with van der Waals surface area (Å²) in [5.74, 6) is -0.120. The van der Waals surface area contributed by atoms with Crippen molar-refractivity contribution in [2.75, 3.05) is 5.32 Å². The van der Waals surface area contributed by atoms with E-state index in [2.05, 4.69) is 44.6 Å². The summed E-state index contributed by atoms with van der Waals surface area (Å²) in [5.41, 5.74) is 26.5. The van der Waals surface area contributed by atoms with E-state index in [1.54, 1.807) is 25.1 Å². The van der Waals surface area contributed by atoms with E-state index in [0.717, 1.165) is 27.7 Å². The van der Waals surface area contributed by atoms with Crippen molar-refractivity contribution in [3.05, 3.63) is 65.4 Å². The lowest BCUT2D eigenvalue weighted by atomic mass is 9.99. The Morgan fingerprint density at radius 2 is 1.51 bits per heavy atom. The summed E-state index contributed by atoms with van der Waals surface area (Å²) in [7, 11) is 0. The number of hydrogen-bond acceptors (Lipinski definition) is 5. The molecule has 11 heteroatoms. The number of fused-ring (bicyclic) bond motifs is 1. The molecule has 0 fully saturated rings. The van der Waals surface area contributed by atoms with Gasteiger partial charge in [0.15, 0.2) is 0 Å². The number of nitrogens with two attached hydrogens (primary N) is 4. The molecule has 0 aliphatic heterocycles. The van der Waals surface area contributed by atoms with Crippen LogP contribution in [0.15, 0.2) is 68.9 Å². The zero-order valence-corrected chi connectivity index (χ0v) is 19.9. The van der Waals surface area contributed by atoms with Crippen LogP contribution in [0, 0.1) is 5.92 Å². The Bertz CT molecular complexity index is 1320. The number of aromatic amines is 1. The molecule has 35 heavy (non-hydrogen) atoms. The minimum atomic E-state index is -0.266. The largest absolute Gasteiger partial charge is 0.369 e. The van der Waals surface area contributed by atoms with Gasteiger partial charge in [-0.2, -0.15) is 10.2 Å². The van der Waals surface area contributed by atoms with Crippen molar-refractivity contribution in [1.82, 2.24) is 4.98 Å². The second-order valence-electron chi connectivity index (χ2n) is 8.40. The fourth-order valence-corrected chi connectivity index (χ4v) is 3.34. The molecule has 1 amide bonds. The van der Waals surface area contributed by atoms with Gasteiger partial charge in [-0.05, 0) is 60.7 Å². The quantitative estimate of drug-likeness (QED) is 0.165. The number of carbonyl (C=O) groups excluding carboxylic acids is 1. The molecule has 3 aromatic rings. The van der Waals surface area contributed by atoms with E-state index < -0.39 is 0 Å². The molecular formula is C24H30N10O. The highest BCUT2D eigenvalue weighted by atomic mass is 16.1.